The fourth-order valence-electron chi connectivity index (χ4n) is 11.0. The Balaban J connectivity index is 5.13. The fraction of sp³-hybridized carbons (Fsp3) is 0.945. The molecule has 546 valence electrons. The largest absolute Gasteiger partial charge is 0.472 e. The summed E-state index contributed by atoms with van der Waals surface area (Å²) >= 11 is 0. The third-order valence-electron chi connectivity index (χ3n) is 17.2. The first kappa shape index (κ1) is 90.1. The van der Waals surface area contributed by atoms with Gasteiger partial charge in [-0.2, -0.15) is 0 Å². The van der Waals surface area contributed by atoms with E-state index in [1.54, 1.807) is 0 Å². The van der Waals surface area contributed by atoms with Crippen molar-refractivity contribution in [2.45, 2.75) is 382 Å². The zero-order valence-corrected chi connectivity index (χ0v) is 62.0. The zero-order valence-electron chi connectivity index (χ0n) is 60.2. The summed E-state index contributed by atoms with van der Waals surface area (Å²) in [6.45, 7) is 14.1. The SMILES string of the molecule is CCC(C)CCCCCCCCCCCCCCCCCCCCC(=O)O[C@H](COC(=O)CCCCCCCCC(C)C)COP(=O)(O)OC[C@H](O)COP(=O)(O)OC[C@@H](COC(=O)CCCCCCCCCC(C)C)OC(=O)CCCCCCCCCCC(C)C. The number of carbonyl (C=O) groups is 4. The van der Waals surface area contributed by atoms with Gasteiger partial charge in [0.05, 0.1) is 26.4 Å². The van der Waals surface area contributed by atoms with Crippen LogP contribution in [0.4, 0.5) is 0 Å². The molecule has 3 N–H and O–H groups in total. The van der Waals surface area contributed by atoms with E-state index in [1.807, 2.05) is 0 Å². The van der Waals surface area contributed by atoms with E-state index in [0.717, 1.165) is 115 Å². The highest BCUT2D eigenvalue weighted by Crippen LogP contribution is 2.45. The van der Waals surface area contributed by atoms with Crippen LogP contribution >= 0.6 is 15.6 Å². The molecule has 92 heavy (non-hydrogen) atoms. The third-order valence-corrected chi connectivity index (χ3v) is 19.1. The monoisotopic (exact) mass is 1350 g/mol. The summed E-state index contributed by atoms with van der Waals surface area (Å²) in [5, 5.41) is 10.6. The van der Waals surface area contributed by atoms with Crippen molar-refractivity contribution in [3.05, 3.63) is 0 Å². The van der Waals surface area contributed by atoms with E-state index in [1.165, 1.54) is 154 Å². The van der Waals surface area contributed by atoms with Gasteiger partial charge in [0, 0.05) is 25.7 Å². The summed E-state index contributed by atoms with van der Waals surface area (Å²) in [7, 11) is -9.90. The van der Waals surface area contributed by atoms with Crippen molar-refractivity contribution in [1.82, 2.24) is 0 Å². The first-order chi connectivity index (χ1) is 44.1. The molecule has 0 aliphatic carbocycles. The number of aliphatic hydroxyl groups is 1. The van der Waals surface area contributed by atoms with Gasteiger partial charge in [-0.1, -0.05) is 312 Å². The van der Waals surface area contributed by atoms with E-state index in [-0.39, 0.29) is 25.7 Å². The van der Waals surface area contributed by atoms with Gasteiger partial charge < -0.3 is 33.8 Å². The van der Waals surface area contributed by atoms with Gasteiger partial charge in [0.2, 0.25) is 0 Å². The Bertz CT molecular complexity index is 1820. The predicted molar refractivity (Wildman–Crippen MR) is 372 cm³/mol. The molecular formula is C73H142O17P2. The minimum absolute atomic E-state index is 0.103. The summed E-state index contributed by atoms with van der Waals surface area (Å²) in [6.07, 6.45) is 46.3. The molecule has 0 rings (SSSR count). The second-order valence-corrected chi connectivity index (χ2v) is 30.9. The van der Waals surface area contributed by atoms with Crippen LogP contribution in [-0.4, -0.2) is 96.7 Å². The smallest absolute Gasteiger partial charge is 0.462 e. The van der Waals surface area contributed by atoms with Gasteiger partial charge in [-0.05, 0) is 49.4 Å². The average molecular weight is 1350 g/mol. The first-order valence-corrected chi connectivity index (χ1v) is 40.7. The van der Waals surface area contributed by atoms with Crippen molar-refractivity contribution < 1.29 is 80.2 Å². The molecule has 0 amide bonds. The molecule has 3 unspecified atom stereocenters. The first-order valence-electron chi connectivity index (χ1n) is 37.7. The Morgan fingerprint density at radius 2 is 0.522 bits per heavy atom. The molecule has 0 aromatic rings. The van der Waals surface area contributed by atoms with Gasteiger partial charge >= 0.3 is 39.5 Å². The molecule has 6 atom stereocenters. The van der Waals surface area contributed by atoms with Crippen LogP contribution in [0, 0.1) is 23.7 Å². The molecule has 0 bridgehead atoms. The predicted octanol–water partition coefficient (Wildman–Crippen LogP) is 20.9. The fourth-order valence-corrected chi connectivity index (χ4v) is 12.6. The highest BCUT2D eigenvalue weighted by atomic mass is 31.2. The van der Waals surface area contributed by atoms with Crippen LogP contribution in [0.15, 0.2) is 0 Å². The second kappa shape index (κ2) is 62.6. The topological polar surface area (TPSA) is 237 Å². The lowest BCUT2D eigenvalue weighted by atomic mass is 9.99. The molecule has 0 radical (unpaired) electrons. The molecule has 0 spiro atoms. The van der Waals surface area contributed by atoms with Crippen LogP contribution in [0.3, 0.4) is 0 Å². The van der Waals surface area contributed by atoms with Gasteiger partial charge in [-0.15, -0.1) is 0 Å². The van der Waals surface area contributed by atoms with Gasteiger partial charge in [0.25, 0.3) is 0 Å². The van der Waals surface area contributed by atoms with Crippen molar-refractivity contribution >= 4 is 39.5 Å². The molecular weight excluding hydrogens is 1210 g/mol. The van der Waals surface area contributed by atoms with Crippen LogP contribution in [0.25, 0.3) is 0 Å². The Labute approximate surface area is 562 Å². The number of phosphoric acid groups is 2. The van der Waals surface area contributed by atoms with Gasteiger partial charge in [-0.25, -0.2) is 9.13 Å². The Hall–Kier alpha value is -1.94. The van der Waals surface area contributed by atoms with Crippen molar-refractivity contribution in [1.29, 1.82) is 0 Å². The summed E-state index contributed by atoms with van der Waals surface area (Å²) in [5.74, 6) is 0.842. The summed E-state index contributed by atoms with van der Waals surface area (Å²) in [4.78, 5) is 72.5. The third kappa shape index (κ3) is 65.4. The highest BCUT2D eigenvalue weighted by molar-refractivity contribution is 7.47. The molecule has 0 aromatic heterocycles. The van der Waals surface area contributed by atoms with Gasteiger partial charge in [-0.3, -0.25) is 37.3 Å². The number of carbonyl (C=O) groups excluding carboxylic acids is 4. The molecule has 17 nitrogen and oxygen atoms in total. The maximum atomic E-state index is 13.0. The maximum Gasteiger partial charge on any atom is 0.472 e. The molecule has 19 heteroatoms. The molecule has 0 aromatic carbocycles. The number of rotatable bonds is 70. The molecule has 0 fully saturated rings. The van der Waals surface area contributed by atoms with Crippen molar-refractivity contribution in [2.24, 2.45) is 23.7 Å². The molecule has 0 saturated heterocycles. The quantitative estimate of drug-likeness (QED) is 0.0222. The number of unbranched alkanes of at least 4 members (excludes halogenated alkanes) is 35. The van der Waals surface area contributed by atoms with Crippen molar-refractivity contribution in [2.75, 3.05) is 39.6 Å². The number of esters is 4. The van der Waals surface area contributed by atoms with E-state index in [4.69, 9.17) is 37.0 Å². The Morgan fingerprint density at radius 1 is 0.304 bits per heavy atom. The lowest BCUT2D eigenvalue weighted by Crippen LogP contribution is -2.30. The molecule has 0 aliphatic heterocycles. The van der Waals surface area contributed by atoms with Crippen LogP contribution in [0.2, 0.25) is 0 Å². The number of hydrogen-bond acceptors (Lipinski definition) is 15. The van der Waals surface area contributed by atoms with E-state index < -0.39 is 97.5 Å². The Kier molecular flexibility index (Phi) is 61.3. The minimum atomic E-state index is -4.95. The number of phosphoric ester groups is 2. The number of aliphatic hydroxyl groups excluding tert-OH is 1. The van der Waals surface area contributed by atoms with Crippen LogP contribution in [0.1, 0.15) is 364 Å². The van der Waals surface area contributed by atoms with E-state index in [2.05, 4.69) is 55.4 Å². The zero-order chi connectivity index (χ0) is 68.2. The summed E-state index contributed by atoms with van der Waals surface area (Å²) in [6, 6.07) is 0. The van der Waals surface area contributed by atoms with E-state index in [0.29, 0.717) is 37.5 Å². The van der Waals surface area contributed by atoms with Crippen molar-refractivity contribution in [3.63, 3.8) is 0 Å². The molecule has 0 saturated carbocycles. The maximum absolute atomic E-state index is 13.0. The van der Waals surface area contributed by atoms with Crippen LogP contribution in [-0.2, 0) is 65.4 Å². The second-order valence-electron chi connectivity index (χ2n) is 28.0. The summed E-state index contributed by atoms with van der Waals surface area (Å²) < 4.78 is 68.3. The van der Waals surface area contributed by atoms with Crippen LogP contribution < -0.4 is 0 Å². The highest BCUT2D eigenvalue weighted by Gasteiger charge is 2.30. The number of hydrogen-bond donors (Lipinski definition) is 3. The number of ether oxygens (including phenoxy) is 4. The lowest BCUT2D eigenvalue weighted by Gasteiger charge is -2.21. The average Bonchev–Trinajstić information content (AvgIpc) is 2.19. The minimum Gasteiger partial charge on any atom is -0.462 e. The summed E-state index contributed by atoms with van der Waals surface area (Å²) in [5.41, 5.74) is 0. The normalized spacial score (nSPS) is 14.5. The van der Waals surface area contributed by atoms with Gasteiger partial charge in [0.15, 0.2) is 12.2 Å². The lowest BCUT2D eigenvalue weighted by molar-refractivity contribution is -0.161. The standard InChI is InChI=1S/C73H142O17P2/c1-9-66(8)52-44-36-27-20-18-16-14-12-10-11-13-15-17-19-21-28-39-47-55-72(77)89-69(60-84-71(76)54-46-38-32-31-35-43-51-65(6)7)62-88-92(81,82)86-58-67(74)57-85-91(79,80)87-61-68(59-83-70(75)53-45-37-30-24-26-34-42-50-64(4)5)90-73(78)56-48-40-29-23-22-25-33-41-49-63(2)3/h63-69,74H,9-62H2,1-8H3,(H,79,80)(H,81,82)/t66?,67-,68-,69-/m1/s1. The van der Waals surface area contributed by atoms with E-state index in [9.17, 15) is 43.2 Å². The Morgan fingerprint density at radius 3 is 0.772 bits per heavy atom. The molecule has 0 aliphatic rings. The molecule has 0 heterocycles. The van der Waals surface area contributed by atoms with Crippen LogP contribution in [0.5, 0.6) is 0 Å². The van der Waals surface area contributed by atoms with Crippen molar-refractivity contribution in [3.8, 4) is 0 Å². The van der Waals surface area contributed by atoms with Gasteiger partial charge in [0.1, 0.15) is 19.3 Å². The van der Waals surface area contributed by atoms with E-state index >= 15 is 0 Å².